The number of imidazole rings is 3. The molecular weight excluding hydrogens is 1270 g/mol. The van der Waals surface area contributed by atoms with Crippen LogP contribution in [0.2, 0.25) is 0 Å². The fourth-order valence-electron chi connectivity index (χ4n) is 8.52. The summed E-state index contributed by atoms with van der Waals surface area (Å²) in [4.78, 5) is 0. The smallest absolute Gasteiger partial charge is 0.287 e. The molecule has 0 bridgehead atoms. The average Bonchev–Trinajstić information content (AvgIpc) is 1.69. The number of rotatable bonds is 20. The molecule has 0 amide bonds. The Labute approximate surface area is 549 Å². The SMILES string of the molecule is CC(N=NCC(O)[n+]1cn(O)c2ccccc21)=NN=c1ccn(CCO)cc1.CCC(N=NCC(O)[n+]1cn(O)c2ccccc21)=NN=c1ccn(CCO)cc1.OCCn1ccc(=NN=C(N=NCC(O)[n+]2cn(O)c3ccccc32)c2ccccc2)cc1.[Cl-].[Cl-].[Cl-]. The van der Waals surface area contributed by atoms with Crippen LogP contribution in [0.3, 0.4) is 0 Å². The fourth-order valence-corrected chi connectivity index (χ4v) is 8.52. The Morgan fingerprint density at radius 3 is 1.13 bits per heavy atom. The second-order valence-corrected chi connectivity index (χ2v) is 19.4. The first-order chi connectivity index (χ1) is 43.8. The van der Waals surface area contributed by atoms with E-state index < -0.39 is 18.7 Å². The van der Waals surface area contributed by atoms with Crippen LogP contribution in [-0.2, 0) is 19.6 Å². The van der Waals surface area contributed by atoms with Gasteiger partial charge in [0.05, 0.1) is 35.9 Å². The number of pyridine rings is 3. The van der Waals surface area contributed by atoms with Crippen LogP contribution < -0.4 is 67.0 Å². The van der Waals surface area contributed by atoms with Crippen LogP contribution in [0.1, 0.15) is 44.5 Å². The number of hydrogen-bond acceptors (Lipinski definition) is 18. The molecule has 30 nitrogen and oxygen atoms in total. The molecule has 0 saturated carbocycles. The molecule has 0 aliphatic carbocycles. The van der Waals surface area contributed by atoms with Gasteiger partial charge >= 0.3 is 0 Å². The summed E-state index contributed by atoms with van der Waals surface area (Å²) >= 11 is 0. The summed E-state index contributed by atoms with van der Waals surface area (Å²) in [5.74, 6) is 1.07. The van der Waals surface area contributed by atoms with Crippen LogP contribution in [0.25, 0.3) is 33.1 Å². The third-order valence-corrected chi connectivity index (χ3v) is 13.1. The van der Waals surface area contributed by atoms with Gasteiger partial charge in [-0.3, -0.25) is 0 Å². The molecule has 33 heteroatoms. The van der Waals surface area contributed by atoms with Gasteiger partial charge in [-0.2, -0.15) is 29.0 Å². The molecule has 6 aromatic heterocycles. The Hall–Kier alpha value is -10.0. The number of aliphatic hydroxyl groups is 6. The number of para-hydroxylation sites is 6. The molecule has 0 fully saturated rings. The predicted molar refractivity (Wildman–Crippen MR) is 326 cm³/mol. The van der Waals surface area contributed by atoms with Crippen LogP contribution in [0, 0.1) is 0 Å². The van der Waals surface area contributed by atoms with E-state index in [0.29, 0.717) is 92.7 Å². The molecule has 10 rings (SSSR count). The van der Waals surface area contributed by atoms with Crippen LogP contribution in [0.15, 0.2) is 257 Å². The fraction of sp³-hybridized carbons (Fsp3) is 0.250. The molecule has 0 saturated heterocycles. The van der Waals surface area contributed by atoms with Gasteiger partial charge in [-0.05, 0) is 93.9 Å². The van der Waals surface area contributed by atoms with Crippen molar-refractivity contribution in [2.75, 3.05) is 39.5 Å². The lowest BCUT2D eigenvalue weighted by atomic mass is 10.2. The lowest BCUT2D eigenvalue weighted by Gasteiger charge is -2.04. The number of nitrogens with zero attached hydrogens (tertiary/aromatic N) is 21. The number of fused-ring (bicyclic) bond motifs is 3. The average molecular weight is 1340 g/mol. The molecule has 0 radical (unpaired) electrons. The molecule has 0 aliphatic heterocycles. The number of benzene rings is 4. The second kappa shape index (κ2) is 38.0. The Kier molecular flexibility index (Phi) is 30.1. The molecule has 3 unspecified atom stereocenters. The van der Waals surface area contributed by atoms with Crippen molar-refractivity contribution in [2.24, 2.45) is 61.3 Å². The van der Waals surface area contributed by atoms with Gasteiger partial charge in [0.2, 0.25) is 41.1 Å². The summed E-state index contributed by atoms with van der Waals surface area (Å²) < 4.78 is 12.9. The standard InChI is InChI=1S/C23H24N7O3.C19H24N7O3.C18H22N7O3.3ClH/c31-15-14-28-12-10-19(11-13-28)25-27-23(18-6-2-1-3-7-18)26-24-16-22(32)29-17-30(33)21-9-5-4-8-20(21)29;1-2-18(23-21-15-7-9-24(10-8-15)11-12-27)22-20-13-19(28)25-14-26(29)17-6-4-3-5-16(17)25;1-14(21-22-15-6-8-23(9-7-15)10-11-26)20-19-12-18(27)24-13-25(28)17-5-3-2-4-16(17)24;;;/h1-13,17,22,31-33H,14-16H2;3-10,14,19,27-29H,2,11-13H2,1H3;2-9,13,18,26-28H,10-12H2,1H3;3*1H/q3*+1;;;/p-3. The van der Waals surface area contributed by atoms with E-state index in [1.165, 1.54) is 32.7 Å². The topological polar surface area (TPSA) is 372 Å². The summed E-state index contributed by atoms with van der Waals surface area (Å²) in [6.45, 7) is 5.24. The van der Waals surface area contributed by atoms with Crippen molar-refractivity contribution >= 4 is 50.6 Å². The van der Waals surface area contributed by atoms with Gasteiger partial charge in [-0.15, -0.1) is 46.0 Å². The number of aliphatic hydroxyl groups excluding tert-OH is 6. The maximum absolute atomic E-state index is 10.6. The van der Waals surface area contributed by atoms with Crippen LogP contribution in [0.4, 0.5) is 0 Å². The molecular formula is C60H70Cl3N21O9. The predicted octanol–water partition coefficient (Wildman–Crippen LogP) is -5.06. The molecule has 10 aromatic rings. The van der Waals surface area contributed by atoms with E-state index in [4.69, 9.17) is 15.3 Å². The van der Waals surface area contributed by atoms with Crippen LogP contribution in [0.5, 0.6) is 0 Å². The monoisotopic (exact) mass is 1330 g/mol. The molecule has 6 heterocycles. The Morgan fingerprint density at radius 1 is 0.419 bits per heavy atom. The highest BCUT2D eigenvalue weighted by Gasteiger charge is 2.23. The molecule has 0 spiro atoms. The first kappa shape index (κ1) is 73.7. The summed E-state index contributed by atoms with van der Waals surface area (Å²) in [5.41, 5.74) is 4.49. The molecule has 9 N–H and O–H groups in total. The van der Waals surface area contributed by atoms with E-state index in [0.717, 1.165) is 19.8 Å². The largest absolute Gasteiger partial charge is 1.00 e. The van der Waals surface area contributed by atoms with E-state index in [1.54, 1.807) is 123 Å². The highest BCUT2D eigenvalue weighted by Crippen LogP contribution is 2.14. The number of halogens is 3. The summed E-state index contributed by atoms with van der Waals surface area (Å²) in [6, 6.07) is 41.5. The Bertz CT molecular complexity index is 4330. The zero-order valence-electron chi connectivity index (χ0n) is 50.3. The Balaban J connectivity index is 0.000000250. The van der Waals surface area contributed by atoms with Crippen molar-refractivity contribution in [3.8, 4) is 0 Å². The van der Waals surface area contributed by atoms with Gasteiger partial charge in [0.15, 0.2) is 28.2 Å². The van der Waals surface area contributed by atoms with Crippen molar-refractivity contribution in [1.29, 1.82) is 0 Å². The van der Waals surface area contributed by atoms with Gasteiger partial charge in [0, 0.05) is 68.8 Å². The van der Waals surface area contributed by atoms with Crippen LogP contribution in [-0.4, -0.2) is 131 Å². The van der Waals surface area contributed by atoms with E-state index in [9.17, 15) is 30.9 Å². The molecule has 490 valence electrons. The highest BCUT2D eigenvalue weighted by molar-refractivity contribution is 5.99. The number of hydrogen-bond donors (Lipinski definition) is 9. The zero-order valence-corrected chi connectivity index (χ0v) is 52.6. The second-order valence-electron chi connectivity index (χ2n) is 19.4. The van der Waals surface area contributed by atoms with Crippen molar-refractivity contribution in [3.05, 3.63) is 217 Å². The lowest BCUT2D eigenvalue weighted by molar-refractivity contribution is -0.736. The first-order valence-electron chi connectivity index (χ1n) is 28.3. The molecule has 4 aromatic carbocycles. The zero-order chi connectivity index (χ0) is 63.6. The van der Waals surface area contributed by atoms with E-state index in [1.807, 2.05) is 81.5 Å². The van der Waals surface area contributed by atoms with Crippen LogP contribution >= 0.6 is 0 Å². The van der Waals surface area contributed by atoms with E-state index in [2.05, 4.69) is 61.3 Å². The van der Waals surface area contributed by atoms with Crippen molar-refractivity contribution in [1.82, 2.24) is 27.9 Å². The maximum Gasteiger partial charge on any atom is 0.287 e. The number of azo groups is 3. The molecule has 93 heavy (non-hydrogen) atoms. The quantitative estimate of drug-likeness (QED) is 0.00880. The normalized spacial score (nSPS) is 12.8. The van der Waals surface area contributed by atoms with E-state index >= 15 is 0 Å². The minimum absolute atomic E-state index is 0. The van der Waals surface area contributed by atoms with Gasteiger partial charge in [0.25, 0.3) is 19.0 Å². The lowest BCUT2D eigenvalue weighted by Crippen LogP contribution is -3.00. The van der Waals surface area contributed by atoms with Crippen molar-refractivity contribution in [2.45, 2.75) is 58.6 Å². The van der Waals surface area contributed by atoms with Crippen molar-refractivity contribution in [3.63, 3.8) is 0 Å². The number of amidine groups is 3. The summed E-state index contributed by atoms with van der Waals surface area (Å²) in [6.07, 6.45) is 12.5. The first-order valence-corrected chi connectivity index (χ1v) is 28.3. The van der Waals surface area contributed by atoms with E-state index in [-0.39, 0.29) is 76.7 Å². The highest BCUT2D eigenvalue weighted by atomic mass is 35.5. The molecule has 3 atom stereocenters. The Morgan fingerprint density at radius 2 is 0.753 bits per heavy atom. The third kappa shape index (κ3) is 21.3. The summed E-state index contributed by atoms with van der Waals surface area (Å²) in [5, 5.41) is 139. The summed E-state index contributed by atoms with van der Waals surface area (Å²) in [7, 11) is 0. The number of aromatic nitrogens is 9. The van der Waals surface area contributed by atoms with Gasteiger partial charge < -0.3 is 97.2 Å². The third-order valence-electron chi connectivity index (χ3n) is 13.1. The van der Waals surface area contributed by atoms with Gasteiger partial charge in [-0.25, -0.2) is 0 Å². The van der Waals surface area contributed by atoms with Gasteiger partial charge in [0.1, 0.15) is 19.6 Å². The van der Waals surface area contributed by atoms with Crippen molar-refractivity contribution < 1.29 is 97.2 Å². The maximum atomic E-state index is 10.6. The van der Waals surface area contributed by atoms with Gasteiger partial charge in [-0.1, -0.05) is 73.7 Å². The molecule has 0 aliphatic rings. The minimum Gasteiger partial charge on any atom is -1.00 e. The minimum atomic E-state index is -1.03.